The van der Waals surface area contributed by atoms with Crippen molar-refractivity contribution < 1.29 is 22.3 Å². The molecule has 1 amide bonds. The fraction of sp³-hybridized carbons (Fsp3) is 0.391. The lowest BCUT2D eigenvalue weighted by Gasteiger charge is -2.26. The summed E-state index contributed by atoms with van der Waals surface area (Å²) in [6.07, 6.45) is 0. The minimum atomic E-state index is -3.62. The van der Waals surface area contributed by atoms with E-state index in [2.05, 4.69) is 10.3 Å². The maximum absolute atomic E-state index is 13.0. The van der Waals surface area contributed by atoms with E-state index >= 15 is 0 Å². The number of likely N-dealkylation sites (N-methyl/N-ethyl adjacent to an activating group) is 1. The van der Waals surface area contributed by atoms with Crippen LogP contribution in [0.1, 0.15) is 12.7 Å². The van der Waals surface area contributed by atoms with Gasteiger partial charge in [0.1, 0.15) is 11.6 Å². The van der Waals surface area contributed by atoms with E-state index in [1.165, 1.54) is 28.6 Å². The van der Waals surface area contributed by atoms with Crippen molar-refractivity contribution in [3.8, 4) is 0 Å². The van der Waals surface area contributed by atoms with Gasteiger partial charge in [0.05, 0.1) is 42.2 Å². The molecule has 1 saturated heterocycles. The summed E-state index contributed by atoms with van der Waals surface area (Å²) in [4.78, 5) is 19.1. The quantitative estimate of drug-likeness (QED) is 0.522. The molecule has 11 heteroatoms. The van der Waals surface area contributed by atoms with E-state index in [0.29, 0.717) is 50.6 Å². The third kappa shape index (κ3) is 5.27. The van der Waals surface area contributed by atoms with E-state index in [1.54, 1.807) is 25.2 Å². The fourth-order valence-electron chi connectivity index (χ4n) is 4.01. The lowest BCUT2D eigenvalue weighted by atomic mass is 10.3. The molecule has 1 aromatic heterocycles. The number of anilines is 1. The zero-order chi connectivity index (χ0) is 24.3. The largest absolute Gasteiger partial charge is 0.379 e. The molecule has 0 unspecified atom stereocenters. The Hall–Kier alpha value is -2.86. The second-order valence-electron chi connectivity index (χ2n) is 8.17. The Morgan fingerprint density at radius 3 is 2.56 bits per heavy atom. The van der Waals surface area contributed by atoms with Gasteiger partial charge < -0.3 is 14.6 Å². The Morgan fingerprint density at radius 1 is 1.18 bits per heavy atom. The SMILES string of the molecule is CCn1c(CN(C)CC(=O)Nc2ccc(F)cc2)nc2cc(S(=O)(=O)N3CCOCC3)ccc21. The first kappa shape index (κ1) is 24.3. The van der Waals surface area contributed by atoms with Crippen molar-refractivity contribution in [2.24, 2.45) is 0 Å². The summed E-state index contributed by atoms with van der Waals surface area (Å²) in [6.45, 7) is 4.58. The number of nitrogens with one attached hydrogen (secondary N) is 1. The van der Waals surface area contributed by atoms with Crippen molar-refractivity contribution in [3.05, 3.63) is 54.1 Å². The van der Waals surface area contributed by atoms with Crippen LogP contribution in [0, 0.1) is 5.82 Å². The predicted molar refractivity (Wildman–Crippen MR) is 126 cm³/mol. The van der Waals surface area contributed by atoms with Gasteiger partial charge in [0.15, 0.2) is 0 Å². The van der Waals surface area contributed by atoms with Crippen molar-refractivity contribution in [3.63, 3.8) is 0 Å². The third-order valence-corrected chi connectivity index (χ3v) is 7.57. The second kappa shape index (κ2) is 10.2. The van der Waals surface area contributed by atoms with Gasteiger partial charge in [-0.25, -0.2) is 17.8 Å². The molecule has 0 atom stereocenters. The number of aryl methyl sites for hydroxylation is 1. The Balaban J connectivity index is 1.49. The maximum Gasteiger partial charge on any atom is 0.243 e. The summed E-state index contributed by atoms with van der Waals surface area (Å²) in [5.74, 6) is 0.136. The first-order valence-corrected chi connectivity index (χ1v) is 12.5. The number of nitrogens with zero attached hydrogens (tertiary/aromatic N) is 4. The summed E-state index contributed by atoms with van der Waals surface area (Å²) in [7, 11) is -1.81. The highest BCUT2D eigenvalue weighted by Gasteiger charge is 2.27. The van der Waals surface area contributed by atoms with E-state index < -0.39 is 10.0 Å². The van der Waals surface area contributed by atoms with Crippen LogP contribution in [0.25, 0.3) is 11.0 Å². The molecule has 1 N–H and O–H groups in total. The smallest absolute Gasteiger partial charge is 0.243 e. The number of carbonyl (C=O) groups is 1. The van der Waals surface area contributed by atoms with Gasteiger partial charge in [0.25, 0.3) is 0 Å². The number of carbonyl (C=O) groups excluding carboxylic acids is 1. The zero-order valence-corrected chi connectivity index (χ0v) is 20.0. The first-order valence-electron chi connectivity index (χ1n) is 11.1. The van der Waals surface area contributed by atoms with Crippen LogP contribution >= 0.6 is 0 Å². The minimum Gasteiger partial charge on any atom is -0.379 e. The number of imidazole rings is 1. The molecule has 0 saturated carbocycles. The predicted octanol–water partition coefficient (Wildman–Crippen LogP) is 2.29. The summed E-state index contributed by atoms with van der Waals surface area (Å²) in [5, 5.41) is 2.74. The highest BCUT2D eigenvalue weighted by atomic mass is 32.2. The summed E-state index contributed by atoms with van der Waals surface area (Å²) in [5.41, 5.74) is 1.95. The molecule has 1 fully saturated rings. The average Bonchev–Trinajstić information content (AvgIpc) is 3.16. The Morgan fingerprint density at radius 2 is 1.88 bits per heavy atom. The zero-order valence-electron chi connectivity index (χ0n) is 19.2. The molecule has 0 bridgehead atoms. The van der Waals surface area contributed by atoms with Gasteiger partial charge >= 0.3 is 0 Å². The molecule has 9 nitrogen and oxygen atoms in total. The van der Waals surface area contributed by atoms with Crippen molar-refractivity contribution >= 4 is 32.7 Å². The molecule has 34 heavy (non-hydrogen) atoms. The molecule has 0 aliphatic carbocycles. The summed E-state index contributed by atoms with van der Waals surface area (Å²) in [6, 6.07) is 10.6. The Kier molecular flexibility index (Phi) is 7.27. The first-order chi connectivity index (χ1) is 16.3. The van der Waals surface area contributed by atoms with Crippen LogP contribution in [0.3, 0.4) is 0 Å². The van der Waals surface area contributed by atoms with Crippen molar-refractivity contribution in [1.82, 2.24) is 18.8 Å². The number of rotatable bonds is 8. The molecule has 2 aromatic carbocycles. The number of aromatic nitrogens is 2. The van der Waals surface area contributed by atoms with Crippen LogP contribution in [-0.4, -0.2) is 73.0 Å². The topological polar surface area (TPSA) is 96.8 Å². The number of ether oxygens (including phenoxy) is 1. The molecular formula is C23H28FN5O4S. The Bertz CT molecular complexity index is 1270. The molecule has 182 valence electrons. The monoisotopic (exact) mass is 489 g/mol. The minimum absolute atomic E-state index is 0.112. The van der Waals surface area contributed by atoms with E-state index in [4.69, 9.17) is 4.74 Å². The van der Waals surface area contributed by atoms with E-state index in [9.17, 15) is 17.6 Å². The Labute approximate surface area is 198 Å². The van der Waals surface area contributed by atoms with Crippen LogP contribution in [-0.2, 0) is 32.6 Å². The highest BCUT2D eigenvalue weighted by molar-refractivity contribution is 7.89. The number of morpholine rings is 1. The molecule has 0 radical (unpaired) electrons. The number of fused-ring (bicyclic) bond motifs is 1. The number of sulfonamides is 1. The molecule has 3 aromatic rings. The van der Waals surface area contributed by atoms with Gasteiger partial charge in [-0.1, -0.05) is 0 Å². The third-order valence-electron chi connectivity index (χ3n) is 5.68. The van der Waals surface area contributed by atoms with Gasteiger partial charge in [-0.15, -0.1) is 0 Å². The van der Waals surface area contributed by atoms with Crippen LogP contribution in [0.15, 0.2) is 47.4 Å². The van der Waals surface area contributed by atoms with E-state index in [-0.39, 0.29) is 23.2 Å². The number of amides is 1. The van der Waals surface area contributed by atoms with Crippen LogP contribution < -0.4 is 5.32 Å². The molecule has 4 rings (SSSR count). The van der Waals surface area contributed by atoms with Crippen LogP contribution in [0.5, 0.6) is 0 Å². The van der Waals surface area contributed by atoms with Gasteiger partial charge in [-0.2, -0.15) is 4.31 Å². The molecule has 2 heterocycles. The fourth-order valence-corrected chi connectivity index (χ4v) is 5.43. The van der Waals surface area contributed by atoms with Crippen LogP contribution in [0.2, 0.25) is 0 Å². The van der Waals surface area contributed by atoms with E-state index in [0.717, 1.165) is 11.3 Å². The maximum atomic E-state index is 13.0. The van der Waals surface area contributed by atoms with Gasteiger partial charge in [0.2, 0.25) is 15.9 Å². The van der Waals surface area contributed by atoms with Crippen molar-refractivity contribution in [2.75, 3.05) is 45.2 Å². The number of hydrogen-bond donors (Lipinski definition) is 1. The second-order valence-corrected chi connectivity index (χ2v) is 10.1. The number of benzene rings is 2. The number of halogens is 1. The summed E-state index contributed by atoms with van der Waals surface area (Å²) >= 11 is 0. The number of hydrogen-bond acceptors (Lipinski definition) is 6. The average molecular weight is 490 g/mol. The normalized spacial score (nSPS) is 15.2. The standard InChI is InChI=1S/C23H28FN5O4S/c1-3-29-21-9-8-19(34(31,32)28-10-12-33-13-11-28)14-20(21)26-22(29)15-27(2)16-23(30)25-18-6-4-17(24)5-7-18/h4-9,14H,3,10-13,15-16H2,1-2H3,(H,25,30). The lowest BCUT2D eigenvalue weighted by Crippen LogP contribution is -2.40. The van der Waals surface area contributed by atoms with Crippen molar-refractivity contribution in [2.45, 2.75) is 24.9 Å². The van der Waals surface area contributed by atoms with Crippen molar-refractivity contribution in [1.29, 1.82) is 0 Å². The van der Waals surface area contributed by atoms with Crippen LogP contribution in [0.4, 0.5) is 10.1 Å². The molecule has 1 aliphatic heterocycles. The van der Waals surface area contributed by atoms with Gasteiger partial charge in [-0.3, -0.25) is 9.69 Å². The molecular weight excluding hydrogens is 461 g/mol. The van der Waals surface area contributed by atoms with Gasteiger partial charge in [-0.05, 0) is 56.4 Å². The molecule has 1 aliphatic rings. The van der Waals surface area contributed by atoms with Gasteiger partial charge in [0, 0.05) is 25.3 Å². The van der Waals surface area contributed by atoms with E-state index in [1.807, 2.05) is 16.4 Å². The summed E-state index contributed by atoms with van der Waals surface area (Å²) < 4.78 is 47.8. The highest BCUT2D eigenvalue weighted by Crippen LogP contribution is 2.24. The molecule has 0 spiro atoms. The lowest BCUT2D eigenvalue weighted by molar-refractivity contribution is -0.117.